The van der Waals surface area contributed by atoms with E-state index in [9.17, 15) is 9.59 Å². The monoisotopic (exact) mass is 333 g/mol. The SMILES string of the molecule is CC(Oc1cccc(C(C)(C)C)c1)C(=O)N[C@H]1CC[C@@H](C(=O)O)C1. The Balaban J connectivity index is 1.91. The molecule has 1 unspecified atom stereocenters. The molecular formula is C19H27NO4. The van der Waals surface area contributed by atoms with Crippen molar-refractivity contribution in [2.45, 2.75) is 64.5 Å². The minimum Gasteiger partial charge on any atom is -0.481 e. The summed E-state index contributed by atoms with van der Waals surface area (Å²) in [5.41, 5.74) is 1.16. The Hall–Kier alpha value is -2.04. The number of amides is 1. The number of aliphatic carboxylic acids is 1. The molecule has 1 aliphatic rings. The molecule has 1 amide bonds. The molecule has 1 saturated carbocycles. The molecule has 0 radical (unpaired) electrons. The van der Waals surface area contributed by atoms with Gasteiger partial charge in [-0.05, 0) is 49.3 Å². The van der Waals surface area contributed by atoms with Crippen molar-refractivity contribution in [2.75, 3.05) is 0 Å². The van der Waals surface area contributed by atoms with Crippen molar-refractivity contribution in [3.63, 3.8) is 0 Å². The van der Waals surface area contributed by atoms with E-state index < -0.39 is 12.1 Å². The lowest BCUT2D eigenvalue weighted by atomic mass is 9.87. The zero-order valence-corrected chi connectivity index (χ0v) is 14.8. The third-order valence-electron chi connectivity index (χ3n) is 4.51. The van der Waals surface area contributed by atoms with Gasteiger partial charge >= 0.3 is 5.97 Å². The molecule has 0 bridgehead atoms. The summed E-state index contributed by atoms with van der Waals surface area (Å²) < 4.78 is 5.77. The van der Waals surface area contributed by atoms with Gasteiger partial charge in [-0.1, -0.05) is 32.9 Å². The van der Waals surface area contributed by atoms with Gasteiger partial charge in [0.05, 0.1) is 5.92 Å². The molecule has 5 nitrogen and oxygen atoms in total. The molecular weight excluding hydrogens is 306 g/mol. The van der Waals surface area contributed by atoms with Crippen LogP contribution in [0.3, 0.4) is 0 Å². The van der Waals surface area contributed by atoms with Crippen molar-refractivity contribution >= 4 is 11.9 Å². The van der Waals surface area contributed by atoms with Crippen LogP contribution in [0.1, 0.15) is 52.5 Å². The minimum atomic E-state index is -0.782. The highest BCUT2D eigenvalue weighted by atomic mass is 16.5. The van der Waals surface area contributed by atoms with Crippen LogP contribution in [0.25, 0.3) is 0 Å². The van der Waals surface area contributed by atoms with E-state index in [1.807, 2.05) is 24.3 Å². The number of carboxylic acids is 1. The highest BCUT2D eigenvalue weighted by Gasteiger charge is 2.31. The quantitative estimate of drug-likeness (QED) is 0.868. The number of ether oxygens (including phenoxy) is 1. The van der Waals surface area contributed by atoms with Crippen molar-refractivity contribution in [1.29, 1.82) is 0 Å². The molecule has 1 aliphatic carbocycles. The molecule has 5 heteroatoms. The van der Waals surface area contributed by atoms with Gasteiger partial charge < -0.3 is 15.2 Å². The van der Waals surface area contributed by atoms with E-state index in [2.05, 4.69) is 26.1 Å². The summed E-state index contributed by atoms with van der Waals surface area (Å²) in [5, 5.41) is 11.9. The molecule has 0 saturated heterocycles. The summed E-state index contributed by atoms with van der Waals surface area (Å²) in [7, 11) is 0. The van der Waals surface area contributed by atoms with Crippen molar-refractivity contribution in [3.05, 3.63) is 29.8 Å². The van der Waals surface area contributed by atoms with E-state index in [0.29, 0.717) is 25.0 Å². The van der Waals surface area contributed by atoms with Crippen LogP contribution in [0.15, 0.2) is 24.3 Å². The zero-order valence-electron chi connectivity index (χ0n) is 14.8. The fourth-order valence-electron chi connectivity index (χ4n) is 2.95. The van der Waals surface area contributed by atoms with Gasteiger partial charge in [0.25, 0.3) is 5.91 Å². The molecule has 0 spiro atoms. The summed E-state index contributed by atoms with van der Waals surface area (Å²) >= 11 is 0. The van der Waals surface area contributed by atoms with Crippen LogP contribution in [0.5, 0.6) is 5.75 Å². The molecule has 132 valence electrons. The van der Waals surface area contributed by atoms with Crippen molar-refractivity contribution in [2.24, 2.45) is 5.92 Å². The van der Waals surface area contributed by atoms with E-state index in [1.54, 1.807) is 6.92 Å². The van der Waals surface area contributed by atoms with Crippen molar-refractivity contribution in [3.8, 4) is 5.75 Å². The zero-order chi connectivity index (χ0) is 17.9. The van der Waals surface area contributed by atoms with Gasteiger partial charge in [-0.25, -0.2) is 0 Å². The average Bonchev–Trinajstić information content (AvgIpc) is 2.95. The van der Waals surface area contributed by atoms with E-state index in [1.165, 1.54) is 0 Å². The maximum atomic E-state index is 12.3. The molecule has 0 aromatic heterocycles. The normalized spacial score (nSPS) is 22.0. The van der Waals surface area contributed by atoms with Crippen LogP contribution in [0.4, 0.5) is 0 Å². The van der Waals surface area contributed by atoms with E-state index in [0.717, 1.165) is 5.56 Å². The Morgan fingerprint density at radius 3 is 2.58 bits per heavy atom. The van der Waals surface area contributed by atoms with Gasteiger partial charge in [-0.3, -0.25) is 9.59 Å². The Labute approximate surface area is 143 Å². The Bertz CT molecular complexity index is 606. The van der Waals surface area contributed by atoms with Crippen LogP contribution < -0.4 is 10.1 Å². The molecule has 3 atom stereocenters. The first-order valence-corrected chi connectivity index (χ1v) is 8.47. The van der Waals surface area contributed by atoms with Gasteiger partial charge in [0.2, 0.25) is 0 Å². The van der Waals surface area contributed by atoms with E-state index in [4.69, 9.17) is 9.84 Å². The van der Waals surface area contributed by atoms with Gasteiger partial charge in [0, 0.05) is 6.04 Å². The third-order valence-corrected chi connectivity index (χ3v) is 4.51. The Kier molecular flexibility index (Phi) is 5.52. The number of nitrogens with one attached hydrogen (secondary N) is 1. The third kappa shape index (κ3) is 4.73. The summed E-state index contributed by atoms with van der Waals surface area (Å²) in [6, 6.07) is 7.69. The molecule has 1 aromatic rings. The number of carbonyl (C=O) groups excluding carboxylic acids is 1. The van der Waals surface area contributed by atoms with Gasteiger partial charge in [-0.15, -0.1) is 0 Å². The molecule has 0 heterocycles. The van der Waals surface area contributed by atoms with Crippen LogP contribution >= 0.6 is 0 Å². The molecule has 1 fully saturated rings. The largest absolute Gasteiger partial charge is 0.481 e. The molecule has 24 heavy (non-hydrogen) atoms. The molecule has 2 N–H and O–H groups in total. The number of hydrogen-bond acceptors (Lipinski definition) is 3. The first-order valence-electron chi connectivity index (χ1n) is 8.47. The topological polar surface area (TPSA) is 75.6 Å². The predicted octanol–water partition coefficient (Wildman–Crippen LogP) is 3.12. The highest BCUT2D eigenvalue weighted by Crippen LogP contribution is 2.27. The standard InChI is InChI=1S/C19H27NO4/c1-12(17(21)20-15-9-8-13(10-15)18(22)23)24-16-7-5-6-14(11-16)19(2,3)4/h5-7,11-13,15H,8-10H2,1-4H3,(H,20,21)(H,22,23)/t12?,13-,15+/m1/s1. The van der Waals surface area contributed by atoms with E-state index >= 15 is 0 Å². The minimum absolute atomic E-state index is 0.0144. The van der Waals surface area contributed by atoms with Crippen molar-refractivity contribution in [1.82, 2.24) is 5.32 Å². The average molecular weight is 333 g/mol. The number of benzene rings is 1. The van der Waals surface area contributed by atoms with Crippen LogP contribution in [-0.4, -0.2) is 29.1 Å². The second-order valence-electron chi connectivity index (χ2n) is 7.59. The number of rotatable bonds is 5. The molecule has 1 aromatic carbocycles. The van der Waals surface area contributed by atoms with Crippen LogP contribution in [-0.2, 0) is 15.0 Å². The smallest absolute Gasteiger partial charge is 0.306 e. The van der Waals surface area contributed by atoms with Gasteiger partial charge in [-0.2, -0.15) is 0 Å². The fourth-order valence-corrected chi connectivity index (χ4v) is 2.95. The van der Waals surface area contributed by atoms with Crippen LogP contribution in [0.2, 0.25) is 0 Å². The lowest BCUT2D eigenvalue weighted by Crippen LogP contribution is -2.41. The van der Waals surface area contributed by atoms with Crippen molar-refractivity contribution < 1.29 is 19.4 Å². The fraction of sp³-hybridized carbons (Fsp3) is 0.579. The maximum absolute atomic E-state index is 12.3. The first-order chi connectivity index (χ1) is 11.2. The summed E-state index contributed by atoms with van der Waals surface area (Å²) in [6.45, 7) is 8.09. The number of carboxylic acid groups (broad SMARTS) is 1. The van der Waals surface area contributed by atoms with E-state index in [-0.39, 0.29) is 23.3 Å². The van der Waals surface area contributed by atoms with Gasteiger partial charge in [0.15, 0.2) is 6.10 Å². The molecule has 0 aliphatic heterocycles. The summed E-state index contributed by atoms with van der Waals surface area (Å²) in [6.07, 6.45) is 1.19. The Morgan fingerprint density at radius 2 is 2.00 bits per heavy atom. The highest BCUT2D eigenvalue weighted by molar-refractivity contribution is 5.81. The second kappa shape index (κ2) is 7.24. The first kappa shape index (κ1) is 18.3. The van der Waals surface area contributed by atoms with Gasteiger partial charge in [0.1, 0.15) is 5.75 Å². The summed E-state index contributed by atoms with van der Waals surface area (Å²) in [4.78, 5) is 23.3. The predicted molar refractivity (Wildman–Crippen MR) is 92.1 cm³/mol. The second-order valence-corrected chi connectivity index (χ2v) is 7.59. The molecule has 2 rings (SSSR count). The van der Waals surface area contributed by atoms with Crippen LogP contribution in [0, 0.1) is 5.92 Å². The summed E-state index contributed by atoms with van der Waals surface area (Å²) in [5.74, 6) is -0.669. The number of hydrogen-bond donors (Lipinski definition) is 2. The number of carbonyl (C=O) groups is 2. The lowest BCUT2D eigenvalue weighted by Gasteiger charge is -2.21. The maximum Gasteiger partial charge on any atom is 0.306 e. The Morgan fingerprint density at radius 1 is 1.29 bits per heavy atom. The lowest BCUT2D eigenvalue weighted by molar-refractivity contribution is -0.141.